The number of carbonyl (C=O) groups excluding carboxylic acids is 1. The lowest BCUT2D eigenvalue weighted by atomic mass is 9.98. The fourth-order valence-electron chi connectivity index (χ4n) is 2.01. The van der Waals surface area contributed by atoms with E-state index in [1.807, 2.05) is 19.1 Å². The van der Waals surface area contributed by atoms with E-state index in [-0.39, 0.29) is 17.9 Å². The van der Waals surface area contributed by atoms with Crippen molar-refractivity contribution in [3.63, 3.8) is 0 Å². The lowest BCUT2D eigenvalue weighted by molar-refractivity contribution is -0.128. The first-order valence-electron chi connectivity index (χ1n) is 6.05. The van der Waals surface area contributed by atoms with Gasteiger partial charge < -0.3 is 10.1 Å². The van der Waals surface area contributed by atoms with Crippen LogP contribution in [-0.2, 0) is 9.53 Å². The van der Waals surface area contributed by atoms with Crippen molar-refractivity contribution >= 4 is 5.91 Å². The topological polar surface area (TPSA) is 51.2 Å². The van der Waals surface area contributed by atoms with Crippen LogP contribution in [0.15, 0.2) is 24.5 Å². The van der Waals surface area contributed by atoms with Gasteiger partial charge in [0.15, 0.2) is 0 Å². The van der Waals surface area contributed by atoms with E-state index in [2.05, 4.69) is 10.3 Å². The van der Waals surface area contributed by atoms with E-state index in [0.29, 0.717) is 13.2 Å². The number of aromatic nitrogens is 1. The number of amides is 1. The Bertz CT molecular complexity index is 361. The van der Waals surface area contributed by atoms with Crippen molar-refractivity contribution in [3.05, 3.63) is 30.1 Å². The van der Waals surface area contributed by atoms with Gasteiger partial charge in [-0.25, -0.2) is 0 Å². The molecule has 92 valence electrons. The summed E-state index contributed by atoms with van der Waals surface area (Å²) in [5.74, 6) is 0.229. The summed E-state index contributed by atoms with van der Waals surface area (Å²) in [6.07, 6.45) is 5.17. The molecule has 0 aliphatic carbocycles. The van der Waals surface area contributed by atoms with Crippen molar-refractivity contribution in [3.8, 4) is 0 Å². The summed E-state index contributed by atoms with van der Waals surface area (Å²) in [5.41, 5.74) is 1.04. The largest absolute Gasteiger partial charge is 0.381 e. The van der Waals surface area contributed by atoms with Crippen LogP contribution in [0.1, 0.15) is 31.4 Å². The average Bonchev–Trinajstić information content (AvgIpc) is 2.40. The zero-order chi connectivity index (χ0) is 12.1. The molecule has 1 aromatic heterocycles. The Kier molecular flexibility index (Phi) is 4.09. The molecule has 1 atom stereocenters. The molecule has 0 spiro atoms. The fourth-order valence-corrected chi connectivity index (χ4v) is 2.01. The lowest BCUT2D eigenvalue weighted by Gasteiger charge is -2.23. The van der Waals surface area contributed by atoms with Gasteiger partial charge in [0.2, 0.25) is 5.91 Å². The highest BCUT2D eigenvalue weighted by atomic mass is 16.5. The molecule has 1 N–H and O–H groups in total. The van der Waals surface area contributed by atoms with Crippen LogP contribution in [-0.4, -0.2) is 24.1 Å². The van der Waals surface area contributed by atoms with Crippen molar-refractivity contribution in [2.24, 2.45) is 5.92 Å². The standard InChI is InChI=1S/C13H18N2O2/c1-10(12-3-2-6-14-9-12)15-13(16)11-4-7-17-8-5-11/h2-3,6,9-11H,4-5,7-8H2,1H3,(H,15,16)/t10-/m0/s1. The monoisotopic (exact) mass is 234 g/mol. The molecule has 4 heteroatoms. The number of ether oxygens (including phenoxy) is 1. The maximum atomic E-state index is 12.0. The van der Waals surface area contributed by atoms with Gasteiger partial charge in [0.05, 0.1) is 6.04 Å². The molecule has 0 bridgehead atoms. The van der Waals surface area contributed by atoms with Crippen LogP contribution in [0.2, 0.25) is 0 Å². The number of hydrogen-bond donors (Lipinski definition) is 1. The van der Waals surface area contributed by atoms with E-state index in [4.69, 9.17) is 4.74 Å². The highest BCUT2D eigenvalue weighted by molar-refractivity contribution is 5.79. The summed E-state index contributed by atoms with van der Waals surface area (Å²) in [7, 11) is 0. The van der Waals surface area contributed by atoms with Gasteiger partial charge >= 0.3 is 0 Å². The first-order valence-corrected chi connectivity index (χ1v) is 6.05. The van der Waals surface area contributed by atoms with Crippen LogP contribution < -0.4 is 5.32 Å². The Labute approximate surface area is 101 Å². The minimum atomic E-state index is 0.0130. The molecular formula is C13H18N2O2. The Hall–Kier alpha value is -1.42. The highest BCUT2D eigenvalue weighted by Crippen LogP contribution is 2.17. The SMILES string of the molecule is C[C@H](NC(=O)C1CCOCC1)c1cccnc1. The van der Waals surface area contributed by atoms with Gasteiger partial charge in [-0.1, -0.05) is 6.07 Å². The molecule has 4 nitrogen and oxygen atoms in total. The van der Waals surface area contributed by atoms with Crippen molar-refractivity contribution < 1.29 is 9.53 Å². The van der Waals surface area contributed by atoms with Gasteiger partial charge in [-0.15, -0.1) is 0 Å². The van der Waals surface area contributed by atoms with Gasteiger partial charge in [-0.3, -0.25) is 9.78 Å². The molecule has 1 aliphatic rings. The van der Waals surface area contributed by atoms with E-state index in [1.165, 1.54) is 0 Å². The Morgan fingerprint density at radius 1 is 1.53 bits per heavy atom. The summed E-state index contributed by atoms with van der Waals surface area (Å²) < 4.78 is 5.25. The maximum absolute atomic E-state index is 12.0. The van der Waals surface area contributed by atoms with Crippen LogP contribution in [0.25, 0.3) is 0 Å². The van der Waals surface area contributed by atoms with Crippen molar-refractivity contribution in [2.75, 3.05) is 13.2 Å². The predicted octanol–water partition coefficient (Wildman–Crippen LogP) is 1.69. The second-order valence-corrected chi connectivity index (χ2v) is 4.40. The highest BCUT2D eigenvalue weighted by Gasteiger charge is 2.22. The number of nitrogens with zero attached hydrogens (tertiary/aromatic N) is 1. The fraction of sp³-hybridized carbons (Fsp3) is 0.538. The number of carbonyl (C=O) groups is 1. The molecule has 1 aliphatic heterocycles. The number of hydrogen-bond acceptors (Lipinski definition) is 3. The van der Waals surface area contributed by atoms with E-state index in [9.17, 15) is 4.79 Å². The molecule has 0 saturated carbocycles. The molecule has 1 fully saturated rings. The molecule has 0 unspecified atom stereocenters. The maximum Gasteiger partial charge on any atom is 0.223 e. The normalized spacial score (nSPS) is 18.6. The predicted molar refractivity (Wildman–Crippen MR) is 64.3 cm³/mol. The second kappa shape index (κ2) is 5.77. The molecule has 1 amide bonds. The molecule has 1 aromatic rings. The molecule has 0 radical (unpaired) electrons. The summed E-state index contributed by atoms with van der Waals surface area (Å²) in [6, 6.07) is 3.87. The molecule has 2 heterocycles. The Balaban J connectivity index is 1.89. The van der Waals surface area contributed by atoms with Gasteiger partial charge in [0.25, 0.3) is 0 Å². The first kappa shape index (κ1) is 12.0. The number of nitrogens with one attached hydrogen (secondary N) is 1. The van der Waals surface area contributed by atoms with Crippen molar-refractivity contribution in [1.82, 2.24) is 10.3 Å². The van der Waals surface area contributed by atoms with E-state index >= 15 is 0 Å². The lowest BCUT2D eigenvalue weighted by Crippen LogP contribution is -2.35. The summed E-state index contributed by atoms with van der Waals surface area (Å²) >= 11 is 0. The third-order valence-corrected chi connectivity index (χ3v) is 3.14. The minimum absolute atomic E-state index is 0.0130. The van der Waals surface area contributed by atoms with Gasteiger partial charge in [0.1, 0.15) is 0 Å². The van der Waals surface area contributed by atoms with Gasteiger partial charge in [-0.2, -0.15) is 0 Å². The average molecular weight is 234 g/mol. The molecule has 17 heavy (non-hydrogen) atoms. The Morgan fingerprint density at radius 2 is 2.29 bits per heavy atom. The van der Waals surface area contributed by atoms with Crippen molar-refractivity contribution in [1.29, 1.82) is 0 Å². The zero-order valence-electron chi connectivity index (χ0n) is 10.1. The minimum Gasteiger partial charge on any atom is -0.381 e. The molecule has 0 aromatic carbocycles. The quantitative estimate of drug-likeness (QED) is 0.865. The summed E-state index contributed by atoms with van der Waals surface area (Å²) in [4.78, 5) is 16.0. The van der Waals surface area contributed by atoms with Crippen molar-refractivity contribution in [2.45, 2.75) is 25.8 Å². The van der Waals surface area contributed by atoms with Crippen LogP contribution in [0.5, 0.6) is 0 Å². The molecular weight excluding hydrogens is 216 g/mol. The van der Waals surface area contributed by atoms with Crippen LogP contribution in [0.4, 0.5) is 0 Å². The van der Waals surface area contributed by atoms with Crippen LogP contribution in [0.3, 0.4) is 0 Å². The van der Waals surface area contributed by atoms with Crippen LogP contribution in [0, 0.1) is 5.92 Å². The zero-order valence-corrected chi connectivity index (χ0v) is 10.1. The third kappa shape index (κ3) is 3.27. The molecule has 2 rings (SSSR count). The van der Waals surface area contributed by atoms with E-state index in [0.717, 1.165) is 18.4 Å². The first-order chi connectivity index (χ1) is 8.27. The number of rotatable bonds is 3. The molecule has 1 saturated heterocycles. The van der Waals surface area contributed by atoms with E-state index < -0.39 is 0 Å². The summed E-state index contributed by atoms with van der Waals surface area (Å²) in [6.45, 7) is 3.37. The summed E-state index contributed by atoms with van der Waals surface area (Å²) in [5, 5.41) is 3.03. The van der Waals surface area contributed by atoms with Crippen LogP contribution >= 0.6 is 0 Å². The second-order valence-electron chi connectivity index (χ2n) is 4.40. The smallest absolute Gasteiger partial charge is 0.223 e. The van der Waals surface area contributed by atoms with E-state index in [1.54, 1.807) is 12.4 Å². The Morgan fingerprint density at radius 3 is 2.94 bits per heavy atom. The third-order valence-electron chi connectivity index (χ3n) is 3.14. The van der Waals surface area contributed by atoms with Gasteiger partial charge in [-0.05, 0) is 31.4 Å². The number of pyridine rings is 1. The van der Waals surface area contributed by atoms with Gasteiger partial charge in [0, 0.05) is 31.5 Å².